The molecule has 0 amide bonds. The number of hydrogen-bond donors (Lipinski definition) is 0. The maximum atomic E-state index is 2.29. The van der Waals surface area contributed by atoms with Crippen molar-refractivity contribution in [2.45, 2.75) is 48.2 Å². The Kier molecular flexibility index (Phi) is 9.97. The van der Waals surface area contributed by atoms with Crippen molar-refractivity contribution in [1.82, 2.24) is 0 Å². The Hall–Kier alpha value is -0.715. The van der Waals surface area contributed by atoms with E-state index in [9.17, 15) is 0 Å². The van der Waals surface area contributed by atoms with E-state index in [0.717, 1.165) is 0 Å². The minimum absolute atomic E-state index is 0.304. The summed E-state index contributed by atoms with van der Waals surface area (Å²) >= 11 is 0. The first kappa shape index (κ1) is 15.7. The zero-order chi connectivity index (χ0) is 11.6. The van der Waals surface area contributed by atoms with Crippen LogP contribution < -0.4 is 5.46 Å². The van der Waals surface area contributed by atoms with Crippen LogP contribution in [0.5, 0.6) is 0 Å². The predicted molar refractivity (Wildman–Crippen MR) is 72.1 cm³/mol. The molecule has 0 radical (unpaired) electrons. The maximum Gasteiger partial charge on any atom is 0.0187 e. The summed E-state index contributed by atoms with van der Waals surface area (Å²) in [7, 11) is 0. The van der Waals surface area contributed by atoms with Gasteiger partial charge in [-0.15, -0.1) is 0 Å². The largest absolute Gasteiger partial charge is 0.211 e. The van der Waals surface area contributed by atoms with Gasteiger partial charge in [0.05, 0.1) is 0 Å². The SMILES string of the molecule is CC.CC.C[B-](C)(C)c1ccccc1. The summed E-state index contributed by atoms with van der Waals surface area (Å²) < 4.78 is 0. The fraction of sp³-hybridized carbons (Fsp3) is 0.538. The molecule has 0 unspecified atom stereocenters. The highest BCUT2D eigenvalue weighted by Crippen LogP contribution is 2.00. The third kappa shape index (κ3) is 6.76. The van der Waals surface area contributed by atoms with Gasteiger partial charge in [-0.2, -0.15) is 20.5 Å². The highest BCUT2D eigenvalue weighted by Gasteiger charge is 2.05. The van der Waals surface area contributed by atoms with Crippen LogP contribution in [-0.2, 0) is 0 Å². The van der Waals surface area contributed by atoms with Crippen LogP contribution in [0.1, 0.15) is 27.7 Å². The van der Waals surface area contributed by atoms with E-state index in [0.29, 0.717) is 0 Å². The van der Waals surface area contributed by atoms with Crippen LogP contribution in [0, 0.1) is 0 Å². The summed E-state index contributed by atoms with van der Waals surface area (Å²) in [6, 6.07) is 10.6. The lowest BCUT2D eigenvalue weighted by atomic mass is 9.27. The second-order valence-corrected chi connectivity index (χ2v) is 4.01. The van der Waals surface area contributed by atoms with Gasteiger partial charge in [0.1, 0.15) is 0 Å². The molecule has 0 bridgehead atoms. The molecule has 0 atom stereocenters. The van der Waals surface area contributed by atoms with Crippen molar-refractivity contribution in [2.24, 2.45) is 0 Å². The number of hydrogen-bond acceptors (Lipinski definition) is 0. The van der Waals surface area contributed by atoms with Gasteiger partial charge in [0.25, 0.3) is 0 Å². The average Bonchev–Trinajstić information content (AvgIpc) is 2.24. The van der Waals surface area contributed by atoms with E-state index >= 15 is 0 Å². The van der Waals surface area contributed by atoms with Gasteiger partial charge in [-0.25, -0.2) is 5.46 Å². The van der Waals surface area contributed by atoms with Crippen molar-refractivity contribution in [2.75, 3.05) is 0 Å². The van der Waals surface area contributed by atoms with Gasteiger partial charge in [0, 0.05) is 6.15 Å². The number of rotatable bonds is 1. The molecule has 1 heteroatoms. The molecular weight excluding hydrogens is 167 g/mol. The molecule has 1 rings (SSSR count). The quantitative estimate of drug-likeness (QED) is 0.584. The molecule has 14 heavy (non-hydrogen) atoms. The molecule has 0 aliphatic rings. The van der Waals surface area contributed by atoms with Gasteiger partial charge in [-0.3, -0.25) is 0 Å². The Labute approximate surface area is 90.7 Å². The molecule has 0 aliphatic carbocycles. The smallest absolute Gasteiger partial charge is 0.0187 e. The van der Waals surface area contributed by atoms with E-state index in [1.54, 1.807) is 0 Å². The zero-order valence-corrected chi connectivity index (χ0v) is 11.0. The van der Waals surface area contributed by atoms with Crippen molar-refractivity contribution < 1.29 is 0 Å². The molecule has 0 nitrogen and oxygen atoms in total. The van der Waals surface area contributed by atoms with Crippen molar-refractivity contribution in [3.63, 3.8) is 0 Å². The van der Waals surface area contributed by atoms with Crippen molar-refractivity contribution >= 4 is 11.6 Å². The van der Waals surface area contributed by atoms with Gasteiger partial charge >= 0.3 is 0 Å². The fourth-order valence-electron chi connectivity index (χ4n) is 1.03. The number of benzene rings is 1. The van der Waals surface area contributed by atoms with Gasteiger partial charge in [0.2, 0.25) is 0 Å². The zero-order valence-electron chi connectivity index (χ0n) is 11.0. The third-order valence-electron chi connectivity index (χ3n) is 1.80. The lowest BCUT2D eigenvalue weighted by Gasteiger charge is -2.24. The summed E-state index contributed by atoms with van der Waals surface area (Å²) in [6.45, 7) is 14.9. The van der Waals surface area contributed by atoms with Crippen molar-refractivity contribution in [3.05, 3.63) is 30.3 Å². The van der Waals surface area contributed by atoms with Crippen LogP contribution >= 0.6 is 0 Å². The molecule has 0 spiro atoms. The average molecular weight is 193 g/mol. The van der Waals surface area contributed by atoms with E-state index in [2.05, 4.69) is 50.8 Å². The summed E-state index contributed by atoms with van der Waals surface area (Å²) in [6.07, 6.45) is -0.304. The molecular formula is C13H26B-. The van der Waals surface area contributed by atoms with Crippen LogP contribution in [0.25, 0.3) is 0 Å². The second-order valence-electron chi connectivity index (χ2n) is 4.01. The molecule has 82 valence electrons. The van der Waals surface area contributed by atoms with Crippen LogP contribution in [0.4, 0.5) is 0 Å². The molecule has 0 aromatic heterocycles. The Bertz CT molecular complexity index is 196. The second kappa shape index (κ2) is 8.86. The summed E-state index contributed by atoms with van der Waals surface area (Å²) in [4.78, 5) is 0. The Balaban J connectivity index is 0. The molecule has 0 saturated carbocycles. The van der Waals surface area contributed by atoms with E-state index in [1.165, 1.54) is 5.46 Å². The molecule has 1 aromatic rings. The van der Waals surface area contributed by atoms with Gasteiger partial charge in [-0.05, 0) is 0 Å². The molecule has 0 heterocycles. The van der Waals surface area contributed by atoms with Gasteiger partial charge in [-0.1, -0.05) is 58.0 Å². The molecule has 0 saturated heterocycles. The maximum absolute atomic E-state index is 2.29. The molecule has 1 aromatic carbocycles. The molecule has 0 fully saturated rings. The van der Waals surface area contributed by atoms with E-state index in [-0.39, 0.29) is 6.15 Å². The highest BCUT2D eigenvalue weighted by atomic mass is 13.8. The first-order chi connectivity index (χ1) is 6.61. The normalized spacial score (nSPS) is 9.07. The first-order valence-electron chi connectivity index (χ1n) is 5.93. The lowest BCUT2D eigenvalue weighted by molar-refractivity contribution is 1.50. The Morgan fingerprint density at radius 1 is 0.714 bits per heavy atom. The third-order valence-corrected chi connectivity index (χ3v) is 1.80. The van der Waals surface area contributed by atoms with Crippen LogP contribution in [0.2, 0.25) is 20.5 Å². The summed E-state index contributed by atoms with van der Waals surface area (Å²) in [5.74, 6) is 0. The van der Waals surface area contributed by atoms with Crippen molar-refractivity contribution in [3.8, 4) is 0 Å². The van der Waals surface area contributed by atoms with Gasteiger partial charge < -0.3 is 0 Å². The molecule has 0 aliphatic heterocycles. The Morgan fingerprint density at radius 2 is 1.07 bits per heavy atom. The summed E-state index contributed by atoms with van der Waals surface area (Å²) in [5, 5.41) is 0. The minimum Gasteiger partial charge on any atom is -0.211 e. The van der Waals surface area contributed by atoms with Crippen molar-refractivity contribution in [1.29, 1.82) is 0 Å². The van der Waals surface area contributed by atoms with Gasteiger partial charge in [0.15, 0.2) is 0 Å². The van der Waals surface area contributed by atoms with Crippen LogP contribution in [0.15, 0.2) is 30.3 Å². The van der Waals surface area contributed by atoms with E-state index in [1.807, 2.05) is 27.7 Å². The standard InChI is InChI=1S/C9H14B.2C2H6/c1-10(2,3)9-7-5-4-6-8-9;2*1-2/h4-8H,1-3H3;2*1-2H3/q-1;;. The van der Waals surface area contributed by atoms with E-state index < -0.39 is 0 Å². The van der Waals surface area contributed by atoms with Crippen LogP contribution in [0.3, 0.4) is 0 Å². The summed E-state index contributed by atoms with van der Waals surface area (Å²) in [5.41, 5.74) is 1.46. The minimum atomic E-state index is -0.304. The predicted octanol–water partition coefficient (Wildman–Crippen LogP) is 4.28. The molecule has 0 N–H and O–H groups in total. The fourth-order valence-corrected chi connectivity index (χ4v) is 1.03. The first-order valence-corrected chi connectivity index (χ1v) is 5.93. The van der Waals surface area contributed by atoms with Crippen LogP contribution in [-0.4, -0.2) is 6.15 Å². The highest BCUT2D eigenvalue weighted by molar-refractivity contribution is 6.88. The topological polar surface area (TPSA) is 0 Å². The Morgan fingerprint density at radius 3 is 1.29 bits per heavy atom. The monoisotopic (exact) mass is 193 g/mol. The van der Waals surface area contributed by atoms with E-state index in [4.69, 9.17) is 0 Å². The lowest BCUT2D eigenvalue weighted by Crippen LogP contribution is -2.37.